The zero-order valence-electron chi connectivity index (χ0n) is 15.1. The predicted molar refractivity (Wildman–Crippen MR) is 111 cm³/mol. The van der Waals surface area contributed by atoms with Crippen LogP contribution in [0.4, 0.5) is 5.69 Å². The minimum atomic E-state index is 0. The van der Waals surface area contributed by atoms with Gasteiger partial charge in [-0.2, -0.15) is 0 Å². The van der Waals surface area contributed by atoms with Gasteiger partial charge in [0.2, 0.25) is 0 Å². The maximum absolute atomic E-state index is 4.72. The number of hydrogen-bond acceptors (Lipinski definition) is 2. The summed E-state index contributed by atoms with van der Waals surface area (Å²) in [7, 11) is 2.17. The first-order valence-electron chi connectivity index (χ1n) is 8.28. The average Bonchev–Trinajstić information content (AvgIpc) is 2.44. The van der Waals surface area contributed by atoms with Crippen molar-refractivity contribution in [2.45, 2.75) is 52.6 Å². The molecule has 1 aliphatic rings. The first-order valence-corrected chi connectivity index (χ1v) is 8.28. The smallest absolute Gasteiger partial charge is 0.191 e. The Morgan fingerprint density at radius 1 is 1.30 bits per heavy atom. The molecule has 0 saturated carbocycles. The van der Waals surface area contributed by atoms with Crippen molar-refractivity contribution in [3.63, 3.8) is 0 Å². The van der Waals surface area contributed by atoms with E-state index in [4.69, 9.17) is 4.99 Å². The van der Waals surface area contributed by atoms with Gasteiger partial charge in [0, 0.05) is 31.4 Å². The number of halogens is 1. The highest BCUT2D eigenvalue weighted by Gasteiger charge is 2.14. The third-order valence-corrected chi connectivity index (χ3v) is 3.75. The molecule has 1 aliphatic heterocycles. The molecule has 0 bridgehead atoms. The first-order chi connectivity index (χ1) is 10.4. The summed E-state index contributed by atoms with van der Waals surface area (Å²) in [5, 5.41) is 6.74. The van der Waals surface area contributed by atoms with Crippen LogP contribution >= 0.6 is 24.0 Å². The van der Waals surface area contributed by atoms with Gasteiger partial charge in [-0.25, -0.2) is 4.99 Å². The fourth-order valence-electron chi connectivity index (χ4n) is 2.77. The van der Waals surface area contributed by atoms with Crippen LogP contribution in [0.25, 0.3) is 0 Å². The Bertz CT molecular complexity index is 534. The zero-order valence-corrected chi connectivity index (χ0v) is 17.4. The molecule has 0 aliphatic carbocycles. The normalized spacial score (nSPS) is 14.8. The Hall–Kier alpha value is -0.980. The fraction of sp³-hybridized carbons (Fsp3) is 0.611. The molecular formula is C18H31IN4. The lowest BCUT2D eigenvalue weighted by Gasteiger charge is -2.27. The molecule has 1 heterocycles. The molecule has 0 spiro atoms. The summed E-state index contributed by atoms with van der Waals surface area (Å²) in [4.78, 5) is 7.06. The molecule has 1 aromatic rings. The van der Waals surface area contributed by atoms with E-state index in [0.29, 0.717) is 6.54 Å². The molecule has 23 heavy (non-hydrogen) atoms. The van der Waals surface area contributed by atoms with Gasteiger partial charge in [0.1, 0.15) is 0 Å². The molecule has 0 amide bonds. The largest absolute Gasteiger partial charge is 0.374 e. The van der Waals surface area contributed by atoms with Gasteiger partial charge in [0.05, 0.1) is 6.54 Å². The second-order valence-electron chi connectivity index (χ2n) is 7.06. The molecule has 0 radical (unpaired) electrons. The Morgan fingerprint density at radius 3 is 2.70 bits per heavy atom. The van der Waals surface area contributed by atoms with Gasteiger partial charge in [-0.3, -0.25) is 0 Å². The molecule has 0 atom stereocenters. The van der Waals surface area contributed by atoms with Crippen LogP contribution in [0.15, 0.2) is 23.2 Å². The second-order valence-corrected chi connectivity index (χ2v) is 7.06. The number of hydrogen-bond donors (Lipinski definition) is 2. The van der Waals surface area contributed by atoms with E-state index >= 15 is 0 Å². The average molecular weight is 430 g/mol. The van der Waals surface area contributed by atoms with Gasteiger partial charge in [0.15, 0.2) is 5.96 Å². The first kappa shape index (κ1) is 20.1. The van der Waals surface area contributed by atoms with Gasteiger partial charge in [-0.1, -0.05) is 12.1 Å². The third kappa shape index (κ3) is 6.20. The molecule has 0 fully saturated rings. The number of benzene rings is 1. The Kier molecular flexibility index (Phi) is 7.64. The highest BCUT2D eigenvalue weighted by Crippen LogP contribution is 2.26. The number of nitrogens with one attached hydrogen (secondary N) is 2. The second kappa shape index (κ2) is 8.76. The predicted octanol–water partition coefficient (Wildman–Crippen LogP) is 3.54. The van der Waals surface area contributed by atoms with Crippen molar-refractivity contribution >= 4 is 35.6 Å². The van der Waals surface area contributed by atoms with Gasteiger partial charge in [0.25, 0.3) is 0 Å². The van der Waals surface area contributed by atoms with E-state index < -0.39 is 0 Å². The molecule has 130 valence electrons. The van der Waals surface area contributed by atoms with E-state index in [1.165, 1.54) is 29.7 Å². The summed E-state index contributed by atoms with van der Waals surface area (Å²) in [6.07, 6.45) is 2.42. The number of anilines is 1. The highest BCUT2D eigenvalue weighted by molar-refractivity contribution is 14.0. The minimum Gasteiger partial charge on any atom is -0.374 e. The van der Waals surface area contributed by atoms with Crippen LogP contribution in [0.3, 0.4) is 0 Å². The lowest BCUT2D eigenvalue weighted by Crippen LogP contribution is -2.47. The Balaban J connectivity index is 0.00000264. The summed E-state index contributed by atoms with van der Waals surface area (Å²) in [5.74, 6) is 0.879. The van der Waals surface area contributed by atoms with E-state index in [9.17, 15) is 0 Å². The van der Waals surface area contributed by atoms with Crippen LogP contribution in [0.2, 0.25) is 0 Å². The molecule has 5 heteroatoms. The lowest BCUT2D eigenvalue weighted by atomic mass is 10.00. The summed E-state index contributed by atoms with van der Waals surface area (Å²) < 4.78 is 0. The highest BCUT2D eigenvalue weighted by atomic mass is 127. The van der Waals surface area contributed by atoms with E-state index in [0.717, 1.165) is 19.0 Å². The van der Waals surface area contributed by atoms with Crippen molar-refractivity contribution in [3.8, 4) is 0 Å². The number of rotatable bonds is 3. The van der Waals surface area contributed by atoms with Crippen LogP contribution in [0.5, 0.6) is 0 Å². The molecule has 1 aromatic carbocycles. The van der Waals surface area contributed by atoms with E-state index in [1.807, 2.05) is 0 Å². The van der Waals surface area contributed by atoms with Crippen LogP contribution < -0.4 is 15.5 Å². The minimum absolute atomic E-state index is 0. The number of aliphatic imine (C=N–C) groups is 1. The maximum Gasteiger partial charge on any atom is 0.191 e. The van der Waals surface area contributed by atoms with Crippen molar-refractivity contribution in [2.75, 3.05) is 25.0 Å². The summed E-state index contributed by atoms with van der Waals surface area (Å²) >= 11 is 0. The molecule has 0 aromatic heterocycles. The molecule has 4 nitrogen and oxygen atoms in total. The van der Waals surface area contributed by atoms with Gasteiger partial charge >= 0.3 is 0 Å². The van der Waals surface area contributed by atoms with Crippen molar-refractivity contribution < 1.29 is 0 Å². The summed E-state index contributed by atoms with van der Waals surface area (Å²) in [6, 6.07) is 6.75. The number of fused-ring (bicyclic) bond motifs is 1. The third-order valence-electron chi connectivity index (χ3n) is 3.75. The molecule has 2 rings (SSSR count). The van der Waals surface area contributed by atoms with Crippen LogP contribution in [0, 0.1) is 0 Å². The van der Waals surface area contributed by atoms with E-state index in [2.05, 4.69) is 68.5 Å². The van der Waals surface area contributed by atoms with Crippen molar-refractivity contribution in [3.05, 3.63) is 29.3 Å². The van der Waals surface area contributed by atoms with Crippen molar-refractivity contribution in [1.82, 2.24) is 10.6 Å². The summed E-state index contributed by atoms with van der Waals surface area (Å²) in [5.41, 5.74) is 4.12. The molecule has 0 unspecified atom stereocenters. The lowest BCUT2D eigenvalue weighted by molar-refractivity contribution is 0.501. The van der Waals surface area contributed by atoms with Gasteiger partial charge in [-0.15, -0.1) is 24.0 Å². The molecular weight excluding hydrogens is 399 g/mol. The number of nitrogens with zero attached hydrogens (tertiary/aromatic N) is 2. The van der Waals surface area contributed by atoms with E-state index in [1.54, 1.807) is 0 Å². The fourth-order valence-corrected chi connectivity index (χ4v) is 2.77. The SMILES string of the molecule is CCNC(=NCc1ccc2c(c1)CCCN2C)NC(C)(C)C.I. The van der Waals surface area contributed by atoms with E-state index in [-0.39, 0.29) is 29.5 Å². The van der Waals surface area contributed by atoms with Gasteiger partial charge in [-0.05, 0) is 57.7 Å². The van der Waals surface area contributed by atoms with Crippen LogP contribution in [-0.2, 0) is 13.0 Å². The molecule has 2 N–H and O–H groups in total. The molecule has 0 saturated heterocycles. The zero-order chi connectivity index (χ0) is 16.2. The summed E-state index contributed by atoms with van der Waals surface area (Å²) in [6.45, 7) is 11.3. The van der Waals surface area contributed by atoms with Crippen LogP contribution in [0.1, 0.15) is 45.2 Å². The van der Waals surface area contributed by atoms with Crippen molar-refractivity contribution in [1.29, 1.82) is 0 Å². The van der Waals surface area contributed by atoms with Crippen molar-refractivity contribution in [2.24, 2.45) is 4.99 Å². The number of guanidine groups is 1. The number of aryl methyl sites for hydroxylation is 1. The van der Waals surface area contributed by atoms with Crippen LogP contribution in [-0.4, -0.2) is 31.6 Å². The monoisotopic (exact) mass is 430 g/mol. The van der Waals surface area contributed by atoms with Gasteiger partial charge < -0.3 is 15.5 Å². The Morgan fingerprint density at radius 2 is 2.04 bits per heavy atom. The Labute approximate surface area is 158 Å². The maximum atomic E-state index is 4.72. The quantitative estimate of drug-likeness (QED) is 0.438. The topological polar surface area (TPSA) is 39.7 Å². The standard InChI is InChI=1S/C18H30N4.HI/c1-6-19-17(21-18(2,3)4)20-13-14-9-10-16-15(12-14)8-7-11-22(16)5;/h9-10,12H,6-8,11,13H2,1-5H3,(H2,19,20,21);1H.